The fraction of sp³-hybridized carbons (Fsp3) is 0.641. The van der Waals surface area contributed by atoms with Crippen LogP contribution < -0.4 is 26.7 Å². The van der Waals surface area contributed by atoms with Gasteiger partial charge < -0.3 is 26.2 Å². The number of hydrogen-bond acceptors (Lipinski definition) is 9. The van der Waals surface area contributed by atoms with Gasteiger partial charge in [0, 0.05) is 18.9 Å². The van der Waals surface area contributed by atoms with E-state index in [2.05, 4.69) is 66.4 Å². The van der Waals surface area contributed by atoms with Crippen molar-refractivity contribution < 1.29 is 28.8 Å². The normalized spacial score (nSPS) is 16.8. The van der Waals surface area contributed by atoms with Crippen LogP contribution in [-0.2, 0) is 28.8 Å². The lowest BCUT2D eigenvalue weighted by Crippen LogP contribution is -2.57. The summed E-state index contributed by atoms with van der Waals surface area (Å²) in [6.07, 6.45) is 6.44. The van der Waals surface area contributed by atoms with Crippen molar-refractivity contribution in [2.24, 2.45) is 16.3 Å². The highest BCUT2D eigenvalue weighted by Gasteiger charge is 2.37. The average molecular weight is 728 g/mol. The van der Waals surface area contributed by atoms with Crippen LogP contribution in [-0.4, -0.2) is 78.0 Å². The molecule has 4 atom stereocenters. The second-order valence-corrected chi connectivity index (χ2v) is 14.4. The van der Waals surface area contributed by atoms with Crippen molar-refractivity contribution in [3.8, 4) is 0 Å². The number of nitrogens with one attached hydrogen (secondary N) is 5. The predicted molar refractivity (Wildman–Crippen MR) is 206 cm³/mol. The van der Waals surface area contributed by atoms with E-state index >= 15 is 0 Å². The lowest BCUT2D eigenvalue weighted by atomic mass is 9.81. The number of hydroxylamine groups is 1. The summed E-state index contributed by atoms with van der Waals surface area (Å²) >= 11 is 0. The van der Waals surface area contributed by atoms with E-state index in [4.69, 9.17) is 4.84 Å². The Labute approximate surface area is 311 Å². The van der Waals surface area contributed by atoms with Gasteiger partial charge in [-0.3, -0.25) is 33.8 Å². The fourth-order valence-electron chi connectivity index (χ4n) is 5.01. The molecule has 3 rings (SSSR count). The molecule has 0 bridgehead atoms. The van der Waals surface area contributed by atoms with Gasteiger partial charge in [-0.25, -0.2) is 0 Å². The molecule has 1 saturated heterocycles. The Morgan fingerprint density at radius 2 is 1.63 bits per heavy atom. The van der Waals surface area contributed by atoms with Gasteiger partial charge in [-0.15, -0.1) is 0 Å². The molecule has 2 aliphatic heterocycles. The van der Waals surface area contributed by atoms with Crippen molar-refractivity contribution in [3.63, 3.8) is 0 Å². The number of rotatable bonds is 16. The summed E-state index contributed by atoms with van der Waals surface area (Å²) in [7, 11) is 0. The lowest BCUT2D eigenvalue weighted by Gasteiger charge is -2.33. The first-order valence-corrected chi connectivity index (χ1v) is 18.8. The summed E-state index contributed by atoms with van der Waals surface area (Å²) < 4.78 is 0. The molecule has 52 heavy (non-hydrogen) atoms. The largest absolute Gasteiger partial charge is 0.384 e. The Kier molecular flexibility index (Phi) is 21.4. The van der Waals surface area contributed by atoms with E-state index in [1.807, 2.05) is 58.0 Å². The molecule has 0 aromatic heterocycles. The summed E-state index contributed by atoms with van der Waals surface area (Å²) in [5.74, 6) is -1.85. The molecule has 0 saturated carbocycles. The number of ketones is 1. The third kappa shape index (κ3) is 16.1. The predicted octanol–water partition coefficient (Wildman–Crippen LogP) is 4.70. The molecule has 13 nitrogen and oxygen atoms in total. The third-order valence-corrected chi connectivity index (χ3v) is 8.23. The second kappa shape index (κ2) is 24.2. The first-order valence-electron chi connectivity index (χ1n) is 18.8. The van der Waals surface area contributed by atoms with E-state index in [1.165, 1.54) is 17.5 Å². The zero-order chi connectivity index (χ0) is 39.3. The standard InChI is InChI=1S/C32H47N7O6.C4H10.C3H8/c1-6-12-23(27(41)30(43)36-21(3)22-13-9-8-10-14-22)38-45-26-15-11-18-39(26)25(40)20-35-31(44)28(32(4,5)7-2)37-29(42)24-19-33-16-17-34-24;1-4(2)3;1-3-2/h8-10,13-14,16-17,21,23,26,28,33,38H,6-7,11-12,15,18-20H2,1-5H3,(H,35,44)(H,36,43)(H,37,42);4H,1-3H3;3H2,1-2H3/t21?,23-,26?,28?;;/m0../s1. The van der Waals surface area contributed by atoms with Crippen molar-refractivity contribution in [3.05, 3.63) is 48.3 Å². The minimum atomic E-state index is -0.903. The molecule has 13 heteroatoms. The van der Waals surface area contributed by atoms with Gasteiger partial charge in [0.25, 0.3) is 11.8 Å². The molecule has 3 unspecified atom stereocenters. The minimum absolute atomic E-state index is 0.244. The Balaban J connectivity index is 0.00000177. The van der Waals surface area contributed by atoms with E-state index in [1.54, 1.807) is 13.1 Å². The van der Waals surface area contributed by atoms with Crippen LogP contribution in [0, 0.1) is 11.3 Å². The molecule has 0 aliphatic carbocycles. The van der Waals surface area contributed by atoms with Gasteiger partial charge in [-0.1, -0.05) is 105 Å². The van der Waals surface area contributed by atoms with E-state index in [0.717, 1.165) is 11.5 Å². The average Bonchev–Trinajstić information content (AvgIpc) is 3.60. The summed E-state index contributed by atoms with van der Waals surface area (Å²) in [6.45, 7) is 20.5. The summed E-state index contributed by atoms with van der Waals surface area (Å²) in [4.78, 5) is 76.4. The van der Waals surface area contributed by atoms with Gasteiger partial charge in [0.05, 0.1) is 19.1 Å². The SMILES string of the molecule is CC(C)C.CCC.CCC[C@H](NOC1CCCN1C(=O)CNC(=O)C(NC(=O)C1=NC=CNC1)C(C)(C)CC)C(=O)C(=O)NC(C)c1ccccc1. The Morgan fingerprint density at radius 3 is 2.19 bits per heavy atom. The maximum atomic E-state index is 13.3. The summed E-state index contributed by atoms with van der Waals surface area (Å²) in [5, 5.41) is 11.1. The van der Waals surface area contributed by atoms with Crippen LogP contribution in [0.15, 0.2) is 47.7 Å². The van der Waals surface area contributed by atoms with Crippen molar-refractivity contribution in [1.82, 2.24) is 31.6 Å². The maximum Gasteiger partial charge on any atom is 0.289 e. The number of carbonyl (C=O) groups excluding carboxylic acids is 5. The van der Waals surface area contributed by atoms with Gasteiger partial charge in [0.2, 0.25) is 17.6 Å². The highest BCUT2D eigenvalue weighted by molar-refractivity contribution is 6.40. The monoisotopic (exact) mass is 727 g/mol. The molecule has 5 N–H and O–H groups in total. The topological polar surface area (TPSA) is 170 Å². The highest BCUT2D eigenvalue weighted by atomic mass is 16.7. The van der Waals surface area contributed by atoms with Gasteiger partial charge in [0.1, 0.15) is 17.8 Å². The smallest absolute Gasteiger partial charge is 0.289 e. The number of Topliss-reactive ketones (excluding diaryl/α,β-unsaturated/α-hetero) is 1. The number of hydrogen-bond donors (Lipinski definition) is 5. The summed E-state index contributed by atoms with van der Waals surface area (Å²) in [5.41, 5.74) is 3.28. The third-order valence-electron chi connectivity index (χ3n) is 8.23. The molecule has 292 valence electrons. The van der Waals surface area contributed by atoms with Gasteiger partial charge in [-0.05, 0) is 49.5 Å². The quantitative estimate of drug-likeness (QED) is 0.121. The van der Waals surface area contributed by atoms with Crippen LogP contribution in [0.5, 0.6) is 0 Å². The van der Waals surface area contributed by atoms with Crippen molar-refractivity contribution in [2.45, 2.75) is 132 Å². The van der Waals surface area contributed by atoms with E-state index < -0.39 is 47.2 Å². The molecule has 4 amide bonds. The number of aliphatic imine (C=N–C) groups is 1. The molecular weight excluding hydrogens is 662 g/mol. The van der Waals surface area contributed by atoms with E-state index in [-0.39, 0.29) is 30.8 Å². The van der Waals surface area contributed by atoms with Crippen molar-refractivity contribution in [1.29, 1.82) is 0 Å². The molecule has 2 aliphatic rings. The molecule has 1 aromatic rings. The molecular formula is C39H65N7O6. The zero-order valence-electron chi connectivity index (χ0n) is 33.1. The van der Waals surface area contributed by atoms with Crippen LogP contribution in [0.25, 0.3) is 0 Å². The van der Waals surface area contributed by atoms with Crippen LogP contribution in [0.4, 0.5) is 0 Å². The fourth-order valence-corrected chi connectivity index (χ4v) is 5.01. The number of benzene rings is 1. The molecule has 0 radical (unpaired) electrons. The Hall–Kier alpha value is -4.10. The first kappa shape index (κ1) is 45.9. The van der Waals surface area contributed by atoms with Gasteiger partial charge in [-0.2, -0.15) is 5.48 Å². The molecule has 0 spiro atoms. The van der Waals surface area contributed by atoms with Crippen LogP contribution in [0.1, 0.15) is 119 Å². The van der Waals surface area contributed by atoms with Crippen LogP contribution in [0.3, 0.4) is 0 Å². The Morgan fingerprint density at radius 1 is 1.00 bits per heavy atom. The van der Waals surface area contributed by atoms with E-state index in [0.29, 0.717) is 38.6 Å². The second-order valence-electron chi connectivity index (χ2n) is 14.4. The first-order chi connectivity index (χ1) is 24.6. The highest BCUT2D eigenvalue weighted by Crippen LogP contribution is 2.25. The number of likely N-dealkylation sites (tertiary alicyclic amines) is 1. The lowest BCUT2D eigenvalue weighted by molar-refractivity contribution is -0.156. The zero-order valence-corrected chi connectivity index (χ0v) is 33.1. The molecule has 2 heterocycles. The number of carbonyl (C=O) groups is 5. The molecule has 1 aromatic carbocycles. The van der Waals surface area contributed by atoms with Gasteiger partial charge in [0.15, 0.2) is 6.23 Å². The van der Waals surface area contributed by atoms with Crippen molar-refractivity contribution in [2.75, 3.05) is 19.6 Å². The summed E-state index contributed by atoms with van der Waals surface area (Å²) in [6, 6.07) is 7.20. The number of nitrogens with zero attached hydrogens (tertiary/aromatic N) is 2. The van der Waals surface area contributed by atoms with E-state index in [9.17, 15) is 24.0 Å². The number of amides is 4. The van der Waals surface area contributed by atoms with Crippen molar-refractivity contribution >= 4 is 35.1 Å². The van der Waals surface area contributed by atoms with Crippen LogP contribution >= 0.6 is 0 Å². The van der Waals surface area contributed by atoms with Crippen LogP contribution in [0.2, 0.25) is 0 Å². The molecule has 1 fully saturated rings. The minimum Gasteiger partial charge on any atom is -0.384 e. The maximum absolute atomic E-state index is 13.3. The Bertz CT molecular complexity index is 1330. The van der Waals surface area contributed by atoms with Gasteiger partial charge >= 0.3 is 0 Å².